The molecule has 1 aromatic carbocycles. The van der Waals surface area contributed by atoms with Gasteiger partial charge >= 0.3 is 6.03 Å². The van der Waals surface area contributed by atoms with Crippen LogP contribution in [0.25, 0.3) is 0 Å². The highest BCUT2D eigenvalue weighted by atomic mass is 35.5. The quantitative estimate of drug-likeness (QED) is 0.790. The summed E-state index contributed by atoms with van der Waals surface area (Å²) in [6.07, 6.45) is 0. The van der Waals surface area contributed by atoms with Crippen LogP contribution >= 0.6 is 11.6 Å². The average Bonchev–Trinajstić information content (AvgIpc) is 2.32. The van der Waals surface area contributed by atoms with Crippen molar-refractivity contribution in [3.8, 4) is 0 Å². The molecular weight excluding hydrogens is 259 g/mol. The molecule has 0 aliphatic rings. The number of urea groups is 1. The molecular formula is C12H16ClFN2O2. The summed E-state index contributed by atoms with van der Waals surface area (Å²) < 4.78 is 13.1. The lowest BCUT2D eigenvalue weighted by atomic mass is 10.1. The van der Waals surface area contributed by atoms with E-state index in [-0.39, 0.29) is 23.6 Å². The maximum absolute atomic E-state index is 13.1. The Morgan fingerprint density at radius 1 is 1.50 bits per heavy atom. The number of nitrogens with one attached hydrogen (secondary N) is 2. The zero-order valence-electron chi connectivity index (χ0n) is 10.2. The number of amides is 2. The van der Waals surface area contributed by atoms with E-state index in [1.165, 1.54) is 12.1 Å². The second-order valence-electron chi connectivity index (χ2n) is 4.18. The molecule has 0 unspecified atom stereocenters. The lowest BCUT2D eigenvalue weighted by Crippen LogP contribution is -2.40. The molecule has 6 heteroatoms. The summed E-state index contributed by atoms with van der Waals surface area (Å²) >= 11 is 5.53. The van der Waals surface area contributed by atoms with Gasteiger partial charge in [0.2, 0.25) is 0 Å². The third-order valence-electron chi connectivity index (χ3n) is 2.68. The van der Waals surface area contributed by atoms with E-state index in [0.717, 1.165) is 6.07 Å². The minimum atomic E-state index is -0.591. The molecule has 2 amide bonds. The van der Waals surface area contributed by atoms with Gasteiger partial charge in [-0.2, -0.15) is 0 Å². The summed E-state index contributed by atoms with van der Waals surface area (Å²) in [7, 11) is 0. The highest BCUT2D eigenvalue weighted by Gasteiger charge is 2.14. The lowest BCUT2D eigenvalue weighted by molar-refractivity contribution is 0.204. The second-order valence-corrected chi connectivity index (χ2v) is 4.58. The summed E-state index contributed by atoms with van der Waals surface area (Å²) in [6.45, 7) is 3.58. The molecule has 3 N–H and O–H groups in total. The van der Waals surface area contributed by atoms with Crippen molar-refractivity contribution in [3.63, 3.8) is 0 Å². The Kier molecular flexibility index (Phi) is 5.37. The first-order chi connectivity index (χ1) is 8.43. The highest BCUT2D eigenvalue weighted by Crippen LogP contribution is 2.18. The maximum Gasteiger partial charge on any atom is 0.319 e. The summed E-state index contributed by atoms with van der Waals surface area (Å²) in [6, 6.07) is 3.37. The van der Waals surface area contributed by atoms with E-state index in [1.807, 2.05) is 6.92 Å². The first-order valence-electron chi connectivity index (χ1n) is 5.57. The Morgan fingerprint density at radius 2 is 2.17 bits per heavy atom. The SMILES string of the molecule is C[C@H](CO)[C@H](C)NC(=O)Nc1ccc(Cl)c(F)c1. The Balaban J connectivity index is 2.57. The fraction of sp³-hybridized carbons (Fsp3) is 0.417. The van der Waals surface area contributed by atoms with Gasteiger partial charge in [0.15, 0.2) is 0 Å². The minimum absolute atomic E-state index is 0.00299. The molecule has 2 atom stereocenters. The molecule has 0 bridgehead atoms. The van der Waals surface area contributed by atoms with Crippen LogP contribution in [0.15, 0.2) is 18.2 Å². The number of carbonyl (C=O) groups is 1. The number of carbonyl (C=O) groups excluding carboxylic acids is 1. The van der Waals surface area contributed by atoms with Gasteiger partial charge in [-0.25, -0.2) is 9.18 Å². The van der Waals surface area contributed by atoms with Gasteiger partial charge in [-0.1, -0.05) is 18.5 Å². The zero-order chi connectivity index (χ0) is 13.7. The molecule has 0 spiro atoms. The number of benzene rings is 1. The zero-order valence-corrected chi connectivity index (χ0v) is 11.0. The summed E-state index contributed by atoms with van der Waals surface area (Å²) in [5, 5.41) is 14.1. The molecule has 0 aliphatic heterocycles. The summed E-state index contributed by atoms with van der Waals surface area (Å²) in [5.74, 6) is -0.649. The average molecular weight is 275 g/mol. The van der Waals surface area contributed by atoms with Gasteiger partial charge in [0.1, 0.15) is 5.82 Å². The number of aliphatic hydroxyl groups excluding tert-OH is 1. The van der Waals surface area contributed by atoms with Crippen molar-refractivity contribution >= 4 is 23.3 Å². The van der Waals surface area contributed by atoms with Crippen LogP contribution in [0.4, 0.5) is 14.9 Å². The van der Waals surface area contributed by atoms with E-state index in [2.05, 4.69) is 10.6 Å². The van der Waals surface area contributed by atoms with Crippen molar-refractivity contribution in [3.05, 3.63) is 29.0 Å². The molecule has 18 heavy (non-hydrogen) atoms. The van der Waals surface area contributed by atoms with Crippen molar-refractivity contribution < 1.29 is 14.3 Å². The fourth-order valence-electron chi connectivity index (χ4n) is 1.25. The van der Waals surface area contributed by atoms with E-state index in [9.17, 15) is 9.18 Å². The van der Waals surface area contributed by atoms with Crippen molar-refractivity contribution in [1.82, 2.24) is 5.32 Å². The van der Waals surface area contributed by atoms with Gasteiger partial charge in [0.25, 0.3) is 0 Å². The third-order valence-corrected chi connectivity index (χ3v) is 2.98. The number of anilines is 1. The Morgan fingerprint density at radius 3 is 2.72 bits per heavy atom. The van der Waals surface area contributed by atoms with Gasteiger partial charge in [-0.05, 0) is 31.0 Å². The third kappa shape index (κ3) is 4.16. The molecule has 100 valence electrons. The molecule has 1 aromatic rings. The Bertz CT molecular complexity index is 429. The maximum atomic E-state index is 13.1. The molecule has 0 fully saturated rings. The molecule has 1 rings (SSSR count). The predicted molar refractivity (Wildman–Crippen MR) is 69.3 cm³/mol. The van der Waals surface area contributed by atoms with Crippen molar-refractivity contribution in [2.45, 2.75) is 19.9 Å². The number of hydrogen-bond acceptors (Lipinski definition) is 2. The molecule has 4 nitrogen and oxygen atoms in total. The lowest BCUT2D eigenvalue weighted by Gasteiger charge is -2.19. The number of rotatable bonds is 4. The van der Waals surface area contributed by atoms with Gasteiger partial charge in [-0.3, -0.25) is 0 Å². The molecule has 0 heterocycles. The number of hydrogen-bond donors (Lipinski definition) is 3. The highest BCUT2D eigenvalue weighted by molar-refractivity contribution is 6.30. The molecule has 0 saturated carbocycles. The molecule has 0 radical (unpaired) electrons. The van der Waals surface area contributed by atoms with Crippen LogP contribution in [0.2, 0.25) is 5.02 Å². The van der Waals surface area contributed by atoms with Gasteiger partial charge in [0, 0.05) is 18.3 Å². The molecule has 0 aliphatic carbocycles. The van der Waals surface area contributed by atoms with Crippen LogP contribution in [-0.2, 0) is 0 Å². The van der Waals surface area contributed by atoms with E-state index in [1.54, 1.807) is 6.92 Å². The van der Waals surface area contributed by atoms with Crippen molar-refractivity contribution in [1.29, 1.82) is 0 Å². The van der Waals surface area contributed by atoms with E-state index in [0.29, 0.717) is 5.69 Å². The van der Waals surface area contributed by atoms with Crippen molar-refractivity contribution in [2.75, 3.05) is 11.9 Å². The Hall–Kier alpha value is -1.33. The molecule has 0 aromatic heterocycles. The normalized spacial score (nSPS) is 13.8. The minimum Gasteiger partial charge on any atom is -0.396 e. The van der Waals surface area contributed by atoms with Gasteiger partial charge in [-0.15, -0.1) is 0 Å². The van der Waals surface area contributed by atoms with Gasteiger partial charge in [0.05, 0.1) is 5.02 Å². The van der Waals surface area contributed by atoms with Crippen LogP contribution < -0.4 is 10.6 Å². The first kappa shape index (κ1) is 14.7. The largest absolute Gasteiger partial charge is 0.396 e. The van der Waals surface area contributed by atoms with Crippen LogP contribution in [-0.4, -0.2) is 23.8 Å². The van der Waals surface area contributed by atoms with E-state index >= 15 is 0 Å². The van der Waals surface area contributed by atoms with Crippen LogP contribution in [0.3, 0.4) is 0 Å². The number of halogens is 2. The smallest absolute Gasteiger partial charge is 0.319 e. The fourth-order valence-corrected chi connectivity index (χ4v) is 1.37. The van der Waals surface area contributed by atoms with Crippen LogP contribution in [0.5, 0.6) is 0 Å². The standard InChI is InChI=1S/C12H16ClFN2O2/c1-7(6-17)8(2)15-12(18)16-9-3-4-10(13)11(14)5-9/h3-5,7-8,17H,6H2,1-2H3,(H2,15,16,18)/t7-,8+/m1/s1. The van der Waals surface area contributed by atoms with Crippen LogP contribution in [0, 0.1) is 11.7 Å². The topological polar surface area (TPSA) is 61.4 Å². The van der Waals surface area contributed by atoms with Crippen LogP contribution in [0.1, 0.15) is 13.8 Å². The second kappa shape index (κ2) is 6.56. The van der Waals surface area contributed by atoms with E-state index < -0.39 is 11.8 Å². The van der Waals surface area contributed by atoms with Gasteiger partial charge < -0.3 is 15.7 Å². The summed E-state index contributed by atoms with van der Waals surface area (Å²) in [4.78, 5) is 11.6. The monoisotopic (exact) mass is 274 g/mol. The van der Waals surface area contributed by atoms with E-state index in [4.69, 9.17) is 16.7 Å². The number of aliphatic hydroxyl groups is 1. The van der Waals surface area contributed by atoms with Crippen molar-refractivity contribution in [2.24, 2.45) is 5.92 Å². The summed E-state index contributed by atoms with van der Waals surface area (Å²) in [5.41, 5.74) is 0.318. The Labute approximate surface area is 110 Å². The first-order valence-corrected chi connectivity index (χ1v) is 5.95. The molecule has 0 saturated heterocycles. The predicted octanol–water partition coefficient (Wildman–Crippen LogP) is 2.62.